The Morgan fingerprint density at radius 1 is 0.575 bits per heavy atom. The van der Waals surface area contributed by atoms with Crippen molar-refractivity contribution in [1.29, 1.82) is 0 Å². The summed E-state index contributed by atoms with van der Waals surface area (Å²) in [6, 6.07) is 20.1. The molecule has 26 heteroatoms. The molecule has 384 valence electrons. The summed E-state index contributed by atoms with van der Waals surface area (Å²) < 4.78 is 1.04. The van der Waals surface area contributed by atoms with Crippen LogP contribution in [0.15, 0.2) is 104 Å². The van der Waals surface area contributed by atoms with Gasteiger partial charge in [0.05, 0.1) is 14.8 Å². The fourth-order valence-electron chi connectivity index (χ4n) is 6.51. The minimum absolute atomic E-state index is 0. The number of pyridine rings is 5. The van der Waals surface area contributed by atoms with E-state index in [4.69, 9.17) is 16.3 Å². The number of rotatable bonds is 6. The van der Waals surface area contributed by atoms with Gasteiger partial charge < -0.3 is 34.9 Å². The van der Waals surface area contributed by atoms with Crippen molar-refractivity contribution in [3.63, 3.8) is 0 Å². The van der Waals surface area contributed by atoms with E-state index in [1.807, 2.05) is 28.0 Å². The molecule has 3 aliphatic heterocycles. The van der Waals surface area contributed by atoms with Crippen LogP contribution >= 0.6 is 32.5 Å². The fraction of sp³-hybridized carbons (Fsp3) is 0.277. The number of nitrogens with one attached hydrogen (secondary N) is 1. The van der Waals surface area contributed by atoms with Gasteiger partial charge in [0.15, 0.2) is 0 Å². The lowest BCUT2D eigenvalue weighted by Crippen LogP contribution is -2.48. The molecule has 0 aliphatic carbocycles. The molecule has 0 spiro atoms. The Kier molecular flexibility index (Phi) is 27.0. The maximum Gasteiger partial charge on any atom is 0.381 e. The first kappa shape index (κ1) is 60.7. The second-order valence-electron chi connectivity index (χ2n) is 14.3. The highest BCUT2D eigenvalue weighted by atomic mass is 127. The number of nitro groups is 3. The van der Waals surface area contributed by atoms with Crippen molar-refractivity contribution in [3.05, 3.63) is 144 Å². The molecule has 0 aromatic carbocycles. The number of hydrogen-bond acceptors (Lipinski definition) is 18. The Hall–Kier alpha value is -8.44. The van der Waals surface area contributed by atoms with Crippen LogP contribution in [0.3, 0.4) is 0 Å². The lowest BCUT2D eigenvalue weighted by Gasteiger charge is -2.34. The molecule has 0 bridgehead atoms. The monoisotopic (exact) mass is 1130 g/mol. The fourth-order valence-corrected chi connectivity index (χ4v) is 6.88. The van der Waals surface area contributed by atoms with E-state index < -0.39 is 15.8 Å². The topological polar surface area (TPSA) is 294 Å². The lowest BCUT2D eigenvalue weighted by atomic mass is 10.2. The summed E-state index contributed by atoms with van der Waals surface area (Å²) in [4.78, 5) is 93.2. The predicted octanol–water partition coefficient (Wildman–Crippen LogP) is 4.09. The number of nitrogens with zero attached hydrogens (tertiary/aromatic N) is 13. The van der Waals surface area contributed by atoms with Gasteiger partial charge in [-0.2, -0.15) is 9.90 Å². The van der Waals surface area contributed by atoms with Crippen molar-refractivity contribution in [3.8, 4) is 36.5 Å². The van der Waals surface area contributed by atoms with Gasteiger partial charge in [-0.3, -0.25) is 44.9 Å². The first-order chi connectivity index (χ1) is 34.2. The number of anilines is 3. The summed E-state index contributed by atoms with van der Waals surface area (Å²) >= 11 is 2.17. The molecule has 3 fully saturated rings. The molecule has 1 atom stereocenters. The Labute approximate surface area is 439 Å². The van der Waals surface area contributed by atoms with Crippen LogP contribution in [-0.4, -0.2) is 151 Å². The van der Waals surface area contributed by atoms with E-state index in [9.17, 15) is 39.9 Å². The predicted molar refractivity (Wildman–Crippen MR) is 289 cm³/mol. The van der Waals surface area contributed by atoms with Crippen LogP contribution < -0.4 is 20.0 Å². The highest BCUT2D eigenvalue weighted by molar-refractivity contribution is 14.1. The van der Waals surface area contributed by atoms with Crippen molar-refractivity contribution in [1.82, 2.24) is 40.0 Å². The van der Waals surface area contributed by atoms with Crippen LogP contribution in [0.5, 0.6) is 0 Å². The average Bonchev–Trinajstić information content (AvgIpc) is 3.41. The van der Waals surface area contributed by atoms with Crippen LogP contribution in [0.1, 0.15) is 14.5 Å². The number of carboxylic acid groups (broad SMARTS) is 1. The van der Waals surface area contributed by atoms with Crippen molar-refractivity contribution in [2.75, 3.05) is 93.2 Å². The third-order valence-electron chi connectivity index (χ3n) is 9.88. The van der Waals surface area contributed by atoms with E-state index in [-0.39, 0.29) is 52.6 Å². The van der Waals surface area contributed by atoms with Crippen molar-refractivity contribution < 1.29 is 35.7 Å². The van der Waals surface area contributed by atoms with Crippen molar-refractivity contribution in [2.24, 2.45) is 0 Å². The largest absolute Gasteiger partial charge is 0.472 e. The summed E-state index contributed by atoms with van der Waals surface area (Å²) in [5.41, 5.74) is 0.564. The molecule has 8 rings (SSSR count). The number of terminal acetylenes is 2. The van der Waals surface area contributed by atoms with Crippen LogP contribution in [-0.2, 0) is 14.4 Å². The smallest absolute Gasteiger partial charge is 0.381 e. The normalized spacial score (nSPS) is 13.2. The zero-order valence-electron chi connectivity index (χ0n) is 38.5. The summed E-state index contributed by atoms with van der Waals surface area (Å²) in [6.07, 6.45) is 17.4. The minimum atomic E-state index is -1.22. The molecule has 1 unspecified atom stereocenters. The maximum atomic E-state index is 12.2. The maximum absolute atomic E-state index is 12.2. The van der Waals surface area contributed by atoms with Crippen LogP contribution in [0.2, 0.25) is 0 Å². The zero-order chi connectivity index (χ0) is 51.5. The number of aliphatic carboxylic acids is 1. The molecule has 2 N–H and O–H groups in total. The first-order valence-electron chi connectivity index (χ1n) is 21.2. The lowest BCUT2D eigenvalue weighted by molar-refractivity contribution is -0.384. The average molecular weight is 1130 g/mol. The Bertz CT molecular complexity index is 2760. The summed E-state index contributed by atoms with van der Waals surface area (Å²) in [5.74, 6) is 8.13. The van der Waals surface area contributed by atoms with E-state index in [0.29, 0.717) is 75.5 Å². The van der Waals surface area contributed by atoms with E-state index in [0.717, 1.165) is 29.9 Å². The van der Waals surface area contributed by atoms with E-state index in [1.165, 1.54) is 48.6 Å². The molecule has 2 amide bonds. The number of hydrogen-bond donors (Lipinski definition) is 2. The Morgan fingerprint density at radius 3 is 1.29 bits per heavy atom. The quantitative estimate of drug-likeness (QED) is 0.0604. The molecule has 8 heterocycles. The molecule has 0 saturated carbocycles. The molecule has 3 saturated heterocycles. The second kappa shape index (κ2) is 32.4. The van der Waals surface area contributed by atoms with Crippen LogP contribution in [0.4, 0.5) is 34.5 Å². The van der Waals surface area contributed by atoms with Gasteiger partial charge in [-0.15, -0.1) is 12.8 Å². The van der Waals surface area contributed by atoms with Gasteiger partial charge in [-0.05, 0) is 76.9 Å². The number of halogens is 1. The van der Waals surface area contributed by atoms with Crippen LogP contribution in [0, 0.1) is 70.6 Å². The van der Waals surface area contributed by atoms with E-state index in [2.05, 4.69) is 77.0 Å². The zero-order valence-corrected chi connectivity index (χ0v) is 42.0. The summed E-state index contributed by atoms with van der Waals surface area (Å²) in [7, 11) is 0. The number of aromatic nitrogens is 5. The number of amides is 2. The van der Waals surface area contributed by atoms with Gasteiger partial charge in [-0.1, -0.05) is 19.6 Å². The molecule has 24 nitrogen and oxygen atoms in total. The number of piperazine rings is 3. The SMILES string of the molecule is C.C#CC(=O)N1CCN(c2ncccc2[N+](=O)[O-])CC1.C#CC(=O)O.Ic1ccccn1.O=C(C#Cc1ccccn1)N1CCN(c2ncccc2[N+](=O)[O-])CC1.O=[N+]([O-])c1cccnc1N1CCNCC1.P.[HH]. The second-order valence-corrected chi connectivity index (χ2v) is 15.4. The van der Waals surface area contributed by atoms with Gasteiger partial charge in [-0.25, -0.2) is 24.7 Å². The van der Waals surface area contributed by atoms with Crippen LogP contribution in [0.25, 0.3) is 0 Å². The molecule has 3 aliphatic rings. The Morgan fingerprint density at radius 2 is 0.959 bits per heavy atom. The third-order valence-corrected chi connectivity index (χ3v) is 10.5. The first-order valence-corrected chi connectivity index (χ1v) is 22.3. The molecule has 0 radical (unpaired) electrons. The summed E-state index contributed by atoms with van der Waals surface area (Å²) in [6.45, 7) is 6.85. The summed E-state index contributed by atoms with van der Waals surface area (Å²) in [5, 5.41) is 43.5. The highest BCUT2D eigenvalue weighted by Crippen LogP contribution is 2.27. The van der Waals surface area contributed by atoms with Gasteiger partial charge >= 0.3 is 23.0 Å². The number of carbonyl (C=O) groups excluding carboxylic acids is 2. The third kappa shape index (κ3) is 20.1. The van der Waals surface area contributed by atoms with Gasteiger partial charge in [0, 0.05) is 141 Å². The van der Waals surface area contributed by atoms with Crippen molar-refractivity contribution >= 4 is 84.8 Å². The van der Waals surface area contributed by atoms with E-state index in [1.54, 1.807) is 57.6 Å². The van der Waals surface area contributed by atoms with E-state index >= 15 is 0 Å². The number of carbonyl (C=O) groups is 3. The van der Waals surface area contributed by atoms with Gasteiger partial charge in [0.1, 0.15) is 9.39 Å². The van der Waals surface area contributed by atoms with Gasteiger partial charge in [0.2, 0.25) is 17.5 Å². The minimum Gasteiger partial charge on any atom is -0.472 e. The van der Waals surface area contributed by atoms with Gasteiger partial charge in [0.25, 0.3) is 11.8 Å². The van der Waals surface area contributed by atoms with Crippen molar-refractivity contribution in [2.45, 2.75) is 7.43 Å². The molecule has 73 heavy (non-hydrogen) atoms. The molecule has 5 aromatic rings. The molecular formula is C47H54IN14O10P. The molecular weight excluding hydrogens is 1080 g/mol. The number of carboxylic acids is 1. The highest BCUT2D eigenvalue weighted by Gasteiger charge is 2.28. The molecule has 5 aromatic heterocycles. The standard InChI is InChI=1S/C17H15N5O3.C12H12N4O3.C9H12N4O2.C5H4IN.C3H2O2.CH4.H3P.H2/c23-16(7-6-14-4-1-2-8-18-14)20-10-12-21(13-11-20)17-15(22(24)25)5-3-9-19-17;1-2-11(17)14-6-8-15(9-7-14)12-10(16(18)19)4-3-5-13-12;14-13(15)8-2-1-3-11-9(8)12-6-4-10-5-7-12;6-5-3-1-2-4-7-5;1-2-3(4)5;;;/h1-5,8-9H,10-13H2;1,3-5H,6-9H2;1-3,10H,4-7H2;1-4H;1H,(H,4,5);1H4;1H3;1H. The Balaban J connectivity index is 0.000000499.